The maximum absolute atomic E-state index is 12.4. The van der Waals surface area contributed by atoms with Gasteiger partial charge >= 0.3 is 0 Å². The number of ether oxygens (including phenoxy) is 1. The average molecular weight is 254 g/mol. The van der Waals surface area contributed by atoms with Gasteiger partial charge in [-0.25, -0.2) is 0 Å². The van der Waals surface area contributed by atoms with Gasteiger partial charge in [0.15, 0.2) is 0 Å². The maximum Gasteiger partial charge on any atom is 0.240 e. The zero-order valence-electron chi connectivity index (χ0n) is 11.7. The van der Waals surface area contributed by atoms with Gasteiger partial charge in [0.1, 0.15) is 0 Å². The molecule has 1 saturated heterocycles. The highest BCUT2D eigenvalue weighted by atomic mass is 16.5. The van der Waals surface area contributed by atoms with Crippen molar-refractivity contribution in [3.05, 3.63) is 12.7 Å². The molecule has 1 amide bonds. The number of methoxy groups -OCH3 is 1. The van der Waals surface area contributed by atoms with Crippen molar-refractivity contribution in [1.82, 2.24) is 10.2 Å². The normalized spacial score (nSPS) is 23.7. The quantitative estimate of drug-likeness (QED) is 0.699. The highest BCUT2D eigenvalue weighted by Crippen LogP contribution is 2.20. The van der Waals surface area contributed by atoms with Crippen molar-refractivity contribution in [2.24, 2.45) is 5.92 Å². The third-order valence-corrected chi connectivity index (χ3v) is 3.61. The molecule has 0 aromatic carbocycles. The first kappa shape index (κ1) is 15.2. The molecule has 4 heteroatoms. The number of piperidine rings is 1. The highest BCUT2D eigenvalue weighted by Gasteiger charge is 2.28. The monoisotopic (exact) mass is 254 g/mol. The van der Waals surface area contributed by atoms with Crippen LogP contribution in [0.2, 0.25) is 0 Å². The summed E-state index contributed by atoms with van der Waals surface area (Å²) < 4.78 is 5.05. The summed E-state index contributed by atoms with van der Waals surface area (Å²) in [6.45, 7) is 8.66. The Morgan fingerprint density at radius 3 is 3.00 bits per heavy atom. The topological polar surface area (TPSA) is 41.6 Å². The summed E-state index contributed by atoms with van der Waals surface area (Å²) in [6.07, 6.45) is 5.06. The van der Waals surface area contributed by atoms with Crippen LogP contribution in [0.25, 0.3) is 0 Å². The molecule has 1 aliphatic rings. The zero-order valence-corrected chi connectivity index (χ0v) is 11.7. The van der Waals surface area contributed by atoms with Crippen LogP contribution in [0, 0.1) is 5.92 Å². The van der Waals surface area contributed by atoms with Crippen molar-refractivity contribution in [2.75, 3.05) is 33.4 Å². The van der Waals surface area contributed by atoms with Crippen molar-refractivity contribution in [3.8, 4) is 0 Å². The van der Waals surface area contributed by atoms with Gasteiger partial charge in [-0.2, -0.15) is 0 Å². The van der Waals surface area contributed by atoms with Gasteiger partial charge in [0.25, 0.3) is 0 Å². The van der Waals surface area contributed by atoms with Gasteiger partial charge in [0, 0.05) is 20.2 Å². The molecule has 0 aromatic rings. The van der Waals surface area contributed by atoms with Crippen molar-refractivity contribution >= 4 is 5.91 Å². The second-order valence-corrected chi connectivity index (χ2v) is 4.87. The lowest BCUT2D eigenvalue weighted by Crippen LogP contribution is -2.51. The van der Waals surface area contributed by atoms with E-state index in [1.165, 1.54) is 6.42 Å². The van der Waals surface area contributed by atoms with Crippen LogP contribution >= 0.6 is 0 Å². The van der Waals surface area contributed by atoms with E-state index in [-0.39, 0.29) is 11.9 Å². The van der Waals surface area contributed by atoms with Gasteiger partial charge in [-0.05, 0) is 25.3 Å². The number of hydrogen-bond acceptors (Lipinski definition) is 3. The molecule has 104 valence electrons. The van der Waals surface area contributed by atoms with Crippen molar-refractivity contribution in [2.45, 2.75) is 32.2 Å². The average Bonchev–Trinajstić information content (AvgIpc) is 2.42. The zero-order chi connectivity index (χ0) is 13.4. The van der Waals surface area contributed by atoms with Crippen LogP contribution in [-0.4, -0.2) is 50.2 Å². The lowest BCUT2D eigenvalue weighted by atomic mass is 9.90. The van der Waals surface area contributed by atoms with Crippen LogP contribution in [0.3, 0.4) is 0 Å². The Labute approximate surface area is 110 Å². The van der Waals surface area contributed by atoms with E-state index in [2.05, 4.69) is 18.8 Å². The Kier molecular flexibility index (Phi) is 6.98. The van der Waals surface area contributed by atoms with Gasteiger partial charge in [-0.1, -0.05) is 19.4 Å². The van der Waals surface area contributed by atoms with E-state index in [9.17, 15) is 4.79 Å². The van der Waals surface area contributed by atoms with E-state index in [4.69, 9.17) is 4.74 Å². The van der Waals surface area contributed by atoms with Crippen molar-refractivity contribution in [3.63, 3.8) is 0 Å². The van der Waals surface area contributed by atoms with E-state index < -0.39 is 0 Å². The summed E-state index contributed by atoms with van der Waals surface area (Å²) in [4.78, 5) is 14.2. The van der Waals surface area contributed by atoms with Gasteiger partial charge in [-0.15, -0.1) is 6.58 Å². The molecule has 4 nitrogen and oxygen atoms in total. The molecule has 2 unspecified atom stereocenters. The van der Waals surface area contributed by atoms with Gasteiger partial charge in [0.05, 0.1) is 12.6 Å². The molecule has 0 bridgehead atoms. The number of carbonyl (C=O) groups excluding carboxylic acids is 1. The number of nitrogens with zero attached hydrogens (tertiary/aromatic N) is 1. The van der Waals surface area contributed by atoms with Crippen LogP contribution in [0.5, 0.6) is 0 Å². The minimum absolute atomic E-state index is 0.0273. The number of nitrogens with one attached hydrogen (secondary N) is 1. The molecule has 1 rings (SSSR count). The largest absolute Gasteiger partial charge is 0.383 e. The van der Waals surface area contributed by atoms with E-state index in [1.807, 2.05) is 4.90 Å². The van der Waals surface area contributed by atoms with Gasteiger partial charge < -0.3 is 15.0 Å². The molecule has 18 heavy (non-hydrogen) atoms. The number of rotatable bonds is 7. The second-order valence-electron chi connectivity index (χ2n) is 4.87. The van der Waals surface area contributed by atoms with Crippen molar-refractivity contribution in [1.29, 1.82) is 0 Å². The molecule has 0 radical (unpaired) electrons. The fourth-order valence-electron chi connectivity index (χ4n) is 2.42. The van der Waals surface area contributed by atoms with E-state index in [0.29, 0.717) is 25.6 Å². The molecule has 0 spiro atoms. The summed E-state index contributed by atoms with van der Waals surface area (Å²) in [5, 5.41) is 3.33. The van der Waals surface area contributed by atoms with Crippen molar-refractivity contribution < 1.29 is 9.53 Å². The minimum atomic E-state index is -0.0273. The number of carbonyl (C=O) groups is 1. The molecule has 1 fully saturated rings. The summed E-state index contributed by atoms with van der Waals surface area (Å²) in [5.41, 5.74) is 0. The lowest BCUT2D eigenvalue weighted by Gasteiger charge is -2.32. The third kappa shape index (κ3) is 4.42. The Hall–Kier alpha value is -0.870. The molecule has 1 aliphatic heterocycles. The van der Waals surface area contributed by atoms with Crippen LogP contribution in [0.4, 0.5) is 0 Å². The smallest absolute Gasteiger partial charge is 0.240 e. The van der Waals surface area contributed by atoms with E-state index in [1.54, 1.807) is 13.2 Å². The number of hydrogen-bond donors (Lipinski definition) is 1. The Morgan fingerprint density at radius 1 is 1.61 bits per heavy atom. The first-order valence-electron chi connectivity index (χ1n) is 6.84. The predicted molar refractivity (Wildman–Crippen MR) is 73.5 cm³/mol. The molecule has 1 N–H and O–H groups in total. The summed E-state index contributed by atoms with van der Waals surface area (Å²) in [7, 11) is 1.66. The molecule has 0 saturated carbocycles. The predicted octanol–water partition coefficient (Wildman–Crippen LogP) is 1.43. The fourth-order valence-corrected chi connectivity index (χ4v) is 2.42. The van der Waals surface area contributed by atoms with E-state index >= 15 is 0 Å². The Bertz CT molecular complexity index is 269. The summed E-state index contributed by atoms with van der Waals surface area (Å²) in [6, 6.07) is -0.0273. The first-order valence-corrected chi connectivity index (χ1v) is 6.84. The lowest BCUT2D eigenvalue weighted by molar-refractivity contribution is -0.134. The second kappa shape index (κ2) is 8.27. The molecule has 1 heterocycles. The third-order valence-electron chi connectivity index (χ3n) is 3.61. The Balaban J connectivity index is 2.54. The molecule has 0 aromatic heterocycles. The minimum Gasteiger partial charge on any atom is -0.383 e. The van der Waals surface area contributed by atoms with Crippen LogP contribution < -0.4 is 5.32 Å². The molecule has 2 atom stereocenters. The molecular formula is C14H26N2O2. The van der Waals surface area contributed by atoms with Crippen LogP contribution in [-0.2, 0) is 9.53 Å². The van der Waals surface area contributed by atoms with Crippen LogP contribution in [0.1, 0.15) is 26.2 Å². The summed E-state index contributed by atoms with van der Waals surface area (Å²) in [5.74, 6) is 0.860. The molecular weight excluding hydrogens is 228 g/mol. The van der Waals surface area contributed by atoms with Gasteiger partial charge in [-0.3, -0.25) is 4.79 Å². The number of amides is 1. The maximum atomic E-state index is 12.4. The van der Waals surface area contributed by atoms with E-state index in [0.717, 1.165) is 19.4 Å². The Morgan fingerprint density at radius 2 is 2.39 bits per heavy atom. The SMILES string of the molecule is C=CCN(CCOC)C(=O)C1CC(CC)CCN1. The first-order chi connectivity index (χ1) is 8.72. The standard InChI is InChI=1S/C14H26N2O2/c1-4-8-16(9-10-18-3)14(17)13-11-12(5-2)6-7-15-13/h4,12-13,15H,1,5-11H2,2-3H3. The molecule has 0 aliphatic carbocycles. The highest BCUT2D eigenvalue weighted by molar-refractivity contribution is 5.82. The summed E-state index contributed by atoms with van der Waals surface area (Å²) >= 11 is 0. The van der Waals surface area contributed by atoms with Crippen LogP contribution in [0.15, 0.2) is 12.7 Å². The van der Waals surface area contributed by atoms with Gasteiger partial charge in [0.2, 0.25) is 5.91 Å². The fraction of sp³-hybridized carbons (Fsp3) is 0.786.